The fourth-order valence-corrected chi connectivity index (χ4v) is 3.33. The lowest BCUT2D eigenvalue weighted by atomic mass is 10.0. The Labute approximate surface area is 122 Å². The van der Waals surface area contributed by atoms with E-state index in [0.29, 0.717) is 17.0 Å². The van der Waals surface area contributed by atoms with Gasteiger partial charge < -0.3 is 10.2 Å². The fourth-order valence-electron chi connectivity index (χ4n) is 2.70. The van der Waals surface area contributed by atoms with Crippen LogP contribution in [-0.4, -0.2) is 39.8 Å². The van der Waals surface area contributed by atoms with Gasteiger partial charge in [0, 0.05) is 37.1 Å². The highest BCUT2D eigenvalue weighted by atomic mass is 32.2. The third-order valence-corrected chi connectivity index (χ3v) is 5.19. The van der Waals surface area contributed by atoms with Gasteiger partial charge in [0.1, 0.15) is 0 Å². The summed E-state index contributed by atoms with van der Waals surface area (Å²) in [4.78, 5) is 2.79. The molecule has 1 heterocycles. The lowest BCUT2D eigenvalue weighted by molar-refractivity contribution is 0.379. The second kappa shape index (κ2) is 6.14. The molecule has 1 N–H and O–H groups in total. The highest BCUT2D eigenvalue weighted by molar-refractivity contribution is 7.90. The van der Waals surface area contributed by atoms with Crippen LogP contribution < -0.4 is 10.2 Å². The topological polar surface area (TPSA) is 49.4 Å². The zero-order valence-electron chi connectivity index (χ0n) is 12.5. The van der Waals surface area contributed by atoms with E-state index in [0.717, 1.165) is 31.6 Å². The van der Waals surface area contributed by atoms with Gasteiger partial charge in [-0.1, -0.05) is 13.8 Å². The first-order valence-corrected chi connectivity index (χ1v) is 9.15. The number of nitrogens with one attached hydrogen (secondary N) is 1. The predicted octanol–water partition coefficient (Wildman–Crippen LogP) is 2.06. The molecule has 0 bridgehead atoms. The number of nitrogens with zero attached hydrogens (tertiary/aromatic N) is 1. The average molecular weight is 296 g/mol. The van der Waals surface area contributed by atoms with Crippen LogP contribution in [0.4, 0.5) is 5.69 Å². The summed E-state index contributed by atoms with van der Waals surface area (Å²) in [6.07, 6.45) is 3.43. The molecule has 0 aromatic heterocycles. The molecule has 1 fully saturated rings. The van der Waals surface area contributed by atoms with Crippen molar-refractivity contribution < 1.29 is 8.42 Å². The zero-order valence-corrected chi connectivity index (χ0v) is 13.3. The van der Waals surface area contributed by atoms with E-state index >= 15 is 0 Å². The van der Waals surface area contributed by atoms with Crippen molar-refractivity contribution >= 4 is 15.5 Å². The summed E-state index contributed by atoms with van der Waals surface area (Å²) in [6.45, 7) is 6.35. The van der Waals surface area contributed by atoms with Gasteiger partial charge in [0.05, 0.1) is 4.90 Å². The van der Waals surface area contributed by atoms with Gasteiger partial charge in [-0.15, -0.1) is 0 Å². The Bertz CT molecular complexity index is 539. The molecule has 2 unspecified atom stereocenters. The van der Waals surface area contributed by atoms with Gasteiger partial charge in [0.15, 0.2) is 9.84 Å². The van der Waals surface area contributed by atoms with E-state index < -0.39 is 9.84 Å². The largest absolute Gasteiger partial charge is 0.366 e. The number of anilines is 1. The van der Waals surface area contributed by atoms with Crippen LogP contribution in [0.15, 0.2) is 29.2 Å². The summed E-state index contributed by atoms with van der Waals surface area (Å²) in [7, 11) is -3.12. The molecule has 0 radical (unpaired) electrons. The maximum absolute atomic E-state index is 11.5. The van der Waals surface area contributed by atoms with Crippen molar-refractivity contribution in [3.05, 3.63) is 24.3 Å². The quantitative estimate of drug-likeness (QED) is 0.924. The molecule has 0 spiro atoms. The van der Waals surface area contributed by atoms with Gasteiger partial charge in [0.25, 0.3) is 0 Å². The van der Waals surface area contributed by atoms with E-state index in [1.165, 1.54) is 6.26 Å². The third-order valence-electron chi connectivity index (χ3n) is 4.06. The summed E-state index contributed by atoms with van der Waals surface area (Å²) in [5.41, 5.74) is 1.12. The van der Waals surface area contributed by atoms with Gasteiger partial charge in [0.2, 0.25) is 0 Å². The average Bonchev–Trinajstić information content (AvgIpc) is 2.45. The molecule has 2 rings (SSSR count). The molecule has 5 heteroatoms. The van der Waals surface area contributed by atoms with Crippen LogP contribution in [0, 0.1) is 0 Å². The van der Waals surface area contributed by atoms with E-state index in [1.807, 2.05) is 12.1 Å². The summed E-state index contributed by atoms with van der Waals surface area (Å²) in [5.74, 6) is 0. The van der Waals surface area contributed by atoms with E-state index in [4.69, 9.17) is 0 Å². The van der Waals surface area contributed by atoms with E-state index in [1.54, 1.807) is 12.1 Å². The highest BCUT2D eigenvalue weighted by Gasteiger charge is 2.26. The maximum atomic E-state index is 11.5. The van der Waals surface area contributed by atoms with E-state index in [2.05, 4.69) is 24.1 Å². The standard InChI is InChI=1S/C15H24N2O2S/c1-4-12-11-17(13(5-2)10-16-12)14-6-8-15(9-7-14)20(3,18)19/h6-9,12-13,16H,4-5,10-11H2,1-3H3. The number of benzene rings is 1. The van der Waals surface area contributed by atoms with Crippen LogP contribution in [-0.2, 0) is 9.84 Å². The Kier molecular flexibility index (Phi) is 4.70. The maximum Gasteiger partial charge on any atom is 0.175 e. The Morgan fingerprint density at radius 3 is 2.35 bits per heavy atom. The molecular formula is C15H24N2O2S. The number of sulfone groups is 1. The Balaban J connectivity index is 2.23. The van der Waals surface area contributed by atoms with Crippen LogP contribution in [0.3, 0.4) is 0 Å². The van der Waals surface area contributed by atoms with Crippen molar-refractivity contribution in [2.45, 2.75) is 43.7 Å². The van der Waals surface area contributed by atoms with Crippen molar-refractivity contribution in [3.8, 4) is 0 Å². The molecule has 1 aromatic rings. The van der Waals surface area contributed by atoms with E-state index in [-0.39, 0.29) is 0 Å². The highest BCUT2D eigenvalue weighted by Crippen LogP contribution is 2.23. The van der Waals surface area contributed by atoms with Gasteiger partial charge in [-0.25, -0.2) is 8.42 Å². The molecule has 0 aliphatic carbocycles. The molecular weight excluding hydrogens is 272 g/mol. The Morgan fingerprint density at radius 2 is 1.85 bits per heavy atom. The van der Waals surface area contributed by atoms with E-state index in [9.17, 15) is 8.42 Å². The summed E-state index contributed by atoms with van der Waals surface area (Å²) in [6, 6.07) is 8.25. The fraction of sp³-hybridized carbons (Fsp3) is 0.600. The second-order valence-electron chi connectivity index (χ2n) is 5.49. The minimum atomic E-state index is -3.12. The SMILES string of the molecule is CCC1CN(c2ccc(S(C)(=O)=O)cc2)C(CC)CN1. The molecule has 1 aliphatic rings. The zero-order chi connectivity index (χ0) is 14.8. The second-order valence-corrected chi connectivity index (χ2v) is 7.51. The normalized spacial score (nSPS) is 23.9. The molecule has 1 aromatic carbocycles. The first-order chi connectivity index (χ1) is 9.45. The van der Waals surface area contributed by atoms with Gasteiger partial charge in [-0.05, 0) is 37.1 Å². The van der Waals surface area contributed by atoms with Crippen LogP contribution in [0.25, 0.3) is 0 Å². The molecule has 20 heavy (non-hydrogen) atoms. The van der Waals surface area contributed by atoms with Crippen LogP contribution in [0.1, 0.15) is 26.7 Å². The molecule has 0 saturated carbocycles. The van der Waals surface area contributed by atoms with Crippen molar-refractivity contribution in [1.29, 1.82) is 0 Å². The lowest BCUT2D eigenvalue weighted by Crippen LogP contribution is -2.56. The number of rotatable bonds is 4. The summed E-state index contributed by atoms with van der Waals surface area (Å²) in [5, 5.41) is 3.57. The van der Waals surface area contributed by atoms with Crippen molar-refractivity contribution in [2.24, 2.45) is 0 Å². The number of piperazine rings is 1. The van der Waals surface area contributed by atoms with Crippen molar-refractivity contribution in [2.75, 3.05) is 24.2 Å². The number of hydrogen-bond acceptors (Lipinski definition) is 4. The van der Waals surface area contributed by atoms with Gasteiger partial charge in [-0.2, -0.15) is 0 Å². The summed E-state index contributed by atoms with van der Waals surface area (Å²) < 4.78 is 23.0. The molecule has 2 atom stereocenters. The first kappa shape index (κ1) is 15.3. The molecule has 112 valence electrons. The monoisotopic (exact) mass is 296 g/mol. The number of hydrogen-bond donors (Lipinski definition) is 1. The first-order valence-electron chi connectivity index (χ1n) is 7.25. The Morgan fingerprint density at radius 1 is 1.20 bits per heavy atom. The van der Waals surface area contributed by atoms with Gasteiger partial charge >= 0.3 is 0 Å². The lowest BCUT2D eigenvalue weighted by Gasteiger charge is -2.41. The van der Waals surface area contributed by atoms with Crippen LogP contribution in [0.5, 0.6) is 0 Å². The molecule has 1 saturated heterocycles. The smallest absolute Gasteiger partial charge is 0.175 e. The minimum Gasteiger partial charge on any atom is -0.366 e. The predicted molar refractivity (Wildman–Crippen MR) is 83.1 cm³/mol. The van der Waals surface area contributed by atoms with Crippen molar-refractivity contribution in [3.63, 3.8) is 0 Å². The van der Waals surface area contributed by atoms with Gasteiger partial charge in [-0.3, -0.25) is 0 Å². The summed E-state index contributed by atoms with van der Waals surface area (Å²) >= 11 is 0. The minimum absolute atomic E-state index is 0.386. The van der Waals surface area contributed by atoms with Crippen LogP contribution >= 0.6 is 0 Å². The molecule has 0 amide bonds. The molecule has 4 nitrogen and oxygen atoms in total. The van der Waals surface area contributed by atoms with Crippen molar-refractivity contribution in [1.82, 2.24) is 5.32 Å². The Hall–Kier alpha value is -1.07. The molecule has 1 aliphatic heterocycles. The van der Waals surface area contributed by atoms with Crippen LogP contribution in [0.2, 0.25) is 0 Å². The third kappa shape index (κ3) is 3.33.